The van der Waals surface area contributed by atoms with Crippen molar-refractivity contribution >= 4 is 17.3 Å². The van der Waals surface area contributed by atoms with Gasteiger partial charge in [-0.15, -0.1) is 0 Å². The lowest BCUT2D eigenvalue weighted by Gasteiger charge is -2.10. The Morgan fingerprint density at radius 3 is 2.48 bits per heavy atom. The molecule has 21 heavy (non-hydrogen) atoms. The zero-order chi connectivity index (χ0) is 15.6. The van der Waals surface area contributed by atoms with Gasteiger partial charge in [-0.05, 0) is 37.6 Å². The molecule has 0 aromatic heterocycles. The van der Waals surface area contributed by atoms with Gasteiger partial charge in [0.15, 0.2) is 0 Å². The van der Waals surface area contributed by atoms with Crippen molar-refractivity contribution in [2.45, 2.75) is 13.8 Å². The normalized spacial score (nSPS) is 10.2. The highest BCUT2D eigenvalue weighted by atomic mass is 19.1. The highest BCUT2D eigenvalue weighted by molar-refractivity contribution is 6.05. The van der Waals surface area contributed by atoms with Crippen LogP contribution in [0.15, 0.2) is 36.4 Å². The van der Waals surface area contributed by atoms with E-state index in [1.807, 2.05) is 0 Å². The van der Waals surface area contributed by atoms with E-state index in [2.05, 4.69) is 5.32 Å². The Kier molecular flexibility index (Phi) is 3.98. The summed E-state index contributed by atoms with van der Waals surface area (Å²) in [6, 6.07) is 8.44. The Labute approximate surface area is 120 Å². The molecule has 1 N–H and O–H groups in total. The minimum atomic E-state index is -0.644. The highest BCUT2D eigenvalue weighted by Gasteiger charge is 2.17. The van der Waals surface area contributed by atoms with E-state index in [4.69, 9.17) is 0 Å². The van der Waals surface area contributed by atoms with Gasteiger partial charge in [-0.25, -0.2) is 4.39 Å². The fourth-order valence-corrected chi connectivity index (χ4v) is 2.01. The molecule has 2 aromatic rings. The lowest BCUT2D eigenvalue weighted by molar-refractivity contribution is -0.385. The fourth-order valence-electron chi connectivity index (χ4n) is 2.01. The van der Waals surface area contributed by atoms with Crippen molar-refractivity contribution in [3.63, 3.8) is 0 Å². The maximum atomic E-state index is 13.5. The third-order valence-corrected chi connectivity index (χ3v) is 3.11. The molecule has 0 bridgehead atoms. The third kappa shape index (κ3) is 3.05. The van der Waals surface area contributed by atoms with Crippen molar-refractivity contribution in [3.8, 4) is 0 Å². The summed E-state index contributed by atoms with van der Waals surface area (Å²) >= 11 is 0. The number of benzene rings is 2. The first-order valence-electron chi connectivity index (χ1n) is 6.21. The van der Waals surface area contributed by atoms with E-state index < -0.39 is 16.6 Å². The van der Waals surface area contributed by atoms with Gasteiger partial charge in [-0.2, -0.15) is 0 Å². The first kappa shape index (κ1) is 14.6. The van der Waals surface area contributed by atoms with Gasteiger partial charge in [-0.3, -0.25) is 14.9 Å². The van der Waals surface area contributed by atoms with Gasteiger partial charge in [0.25, 0.3) is 11.6 Å². The van der Waals surface area contributed by atoms with Gasteiger partial charge in [0, 0.05) is 11.6 Å². The van der Waals surface area contributed by atoms with Crippen LogP contribution in [0.3, 0.4) is 0 Å². The molecule has 0 atom stereocenters. The third-order valence-electron chi connectivity index (χ3n) is 3.11. The molecule has 0 fully saturated rings. The maximum Gasteiger partial charge on any atom is 0.274 e. The average Bonchev–Trinajstić information content (AvgIpc) is 2.41. The van der Waals surface area contributed by atoms with Gasteiger partial charge < -0.3 is 5.32 Å². The number of anilines is 1. The molecule has 0 saturated heterocycles. The number of carbonyl (C=O) groups excluding carboxylic acids is 1. The number of nitrogens with zero attached hydrogens (tertiary/aromatic N) is 1. The Morgan fingerprint density at radius 1 is 1.19 bits per heavy atom. The molecule has 0 heterocycles. The number of hydrogen-bond acceptors (Lipinski definition) is 3. The van der Waals surface area contributed by atoms with Crippen LogP contribution in [-0.2, 0) is 0 Å². The van der Waals surface area contributed by atoms with Crippen molar-refractivity contribution in [3.05, 3.63) is 69.0 Å². The van der Waals surface area contributed by atoms with Gasteiger partial charge in [-0.1, -0.05) is 12.1 Å². The van der Waals surface area contributed by atoms with Gasteiger partial charge in [0.05, 0.1) is 16.2 Å². The molecule has 1 amide bonds. The molecule has 2 aromatic carbocycles. The largest absolute Gasteiger partial charge is 0.321 e. The first-order valence-corrected chi connectivity index (χ1v) is 6.21. The number of nitro benzene ring substituents is 1. The van der Waals surface area contributed by atoms with Crippen LogP contribution in [0.1, 0.15) is 21.5 Å². The predicted octanol–water partition coefficient (Wildman–Crippen LogP) is 3.60. The molecule has 0 aliphatic rings. The van der Waals surface area contributed by atoms with Crippen LogP contribution in [0.25, 0.3) is 0 Å². The number of rotatable bonds is 3. The minimum Gasteiger partial charge on any atom is -0.321 e. The number of aryl methyl sites for hydroxylation is 2. The summed E-state index contributed by atoms with van der Waals surface area (Å²) in [6.07, 6.45) is 0. The van der Waals surface area contributed by atoms with Crippen molar-refractivity contribution in [2.24, 2.45) is 0 Å². The number of hydrogen-bond donors (Lipinski definition) is 1. The number of amides is 1. The Morgan fingerprint density at radius 2 is 1.86 bits per heavy atom. The Bertz CT molecular complexity index is 729. The molecule has 6 heteroatoms. The summed E-state index contributed by atoms with van der Waals surface area (Å²) in [5.41, 5.74) is 1.26. The van der Waals surface area contributed by atoms with Crippen LogP contribution in [0.2, 0.25) is 0 Å². The van der Waals surface area contributed by atoms with Crippen LogP contribution >= 0.6 is 0 Å². The molecule has 0 spiro atoms. The van der Waals surface area contributed by atoms with Crippen molar-refractivity contribution in [2.75, 3.05) is 5.32 Å². The topological polar surface area (TPSA) is 72.2 Å². The van der Waals surface area contributed by atoms with Gasteiger partial charge in [0.1, 0.15) is 5.82 Å². The molecule has 0 radical (unpaired) electrons. The Balaban J connectivity index is 2.36. The summed E-state index contributed by atoms with van der Waals surface area (Å²) in [5.74, 6) is -1.29. The predicted molar refractivity (Wildman–Crippen MR) is 76.9 cm³/mol. The maximum absolute atomic E-state index is 13.5. The van der Waals surface area contributed by atoms with Crippen LogP contribution in [0, 0.1) is 29.8 Å². The number of nitrogens with one attached hydrogen (secondary N) is 1. The Hall–Kier alpha value is -2.76. The standard InChI is InChI=1S/C15H13FN2O3/c1-9-7-10(2)14(18(20)21)8-13(9)17-15(19)11-5-3-4-6-12(11)16/h3-8H,1-2H3,(H,17,19). The minimum absolute atomic E-state index is 0.0931. The van der Waals surface area contributed by atoms with E-state index in [0.29, 0.717) is 16.8 Å². The highest BCUT2D eigenvalue weighted by Crippen LogP contribution is 2.26. The molecular weight excluding hydrogens is 275 g/mol. The average molecular weight is 288 g/mol. The zero-order valence-corrected chi connectivity index (χ0v) is 11.5. The summed E-state index contributed by atoms with van der Waals surface area (Å²) in [7, 11) is 0. The number of carbonyl (C=O) groups is 1. The second-order valence-electron chi connectivity index (χ2n) is 4.64. The van der Waals surface area contributed by atoms with E-state index in [-0.39, 0.29) is 11.3 Å². The van der Waals surface area contributed by atoms with Crippen LogP contribution in [-0.4, -0.2) is 10.8 Å². The number of nitro groups is 1. The molecule has 108 valence electrons. The molecule has 0 unspecified atom stereocenters. The van der Waals surface area contributed by atoms with E-state index in [0.717, 1.165) is 0 Å². The smallest absolute Gasteiger partial charge is 0.274 e. The lowest BCUT2D eigenvalue weighted by atomic mass is 10.1. The summed E-state index contributed by atoms with van der Waals surface area (Å²) in [4.78, 5) is 22.4. The number of halogens is 1. The van der Waals surface area contributed by atoms with E-state index in [1.165, 1.54) is 24.3 Å². The van der Waals surface area contributed by atoms with Crippen LogP contribution in [0.4, 0.5) is 15.8 Å². The summed E-state index contributed by atoms with van der Waals surface area (Å²) < 4.78 is 13.5. The van der Waals surface area contributed by atoms with Crippen LogP contribution < -0.4 is 5.32 Å². The molecule has 0 aliphatic heterocycles. The van der Waals surface area contributed by atoms with E-state index >= 15 is 0 Å². The lowest BCUT2D eigenvalue weighted by Crippen LogP contribution is -2.14. The van der Waals surface area contributed by atoms with Gasteiger partial charge in [0.2, 0.25) is 0 Å². The van der Waals surface area contributed by atoms with Crippen molar-refractivity contribution in [1.82, 2.24) is 0 Å². The van der Waals surface area contributed by atoms with E-state index in [1.54, 1.807) is 26.0 Å². The fraction of sp³-hybridized carbons (Fsp3) is 0.133. The van der Waals surface area contributed by atoms with Crippen LogP contribution in [0.5, 0.6) is 0 Å². The second-order valence-corrected chi connectivity index (χ2v) is 4.64. The monoisotopic (exact) mass is 288 g/mol. The SMILES string of the molecule is Cc1cc(C)c([N+](=O)[O-])cc1NC(=O)c1ccccc1F. The summed E-state index contributed by atoms with van der Waals surface area (Å²) in [6.45, 7) is 3.33. The molecule has 5 nitrogen and oxygen atoms in total. The molecule has 2 rings (SSSR count). The van der Waals surface area contributed by atoms with E-state index in [9.17, 15) is 19.3 Å². The second kappa shape index (κ2) is 5.70. The molecule has 0 saturated carbocycles. The zero-order valence-electron chi connectivity index (χ0n) is 11.5. The quantitative estimate of drug-likeness (QED) is 0.692. The van der Waals surface area contributed by atoms with Gasteiger partial charge >= 0.3 is 0 Å². The first-order chi connectivity index (χ1) is 9.90. The molecule has 0 aliphatic carbocycles. The van der Waals surface area contributed by atoms with Crippen molar-refractivity contribution in [1.29, 1.82) is 0 Å². The molecular formula is C15H13FN2O3. The van der Waals surface area contributed by atoms with Crippen molar-refractivity contribution < 1.29 is 14.1 Å². The summed E-state index contributed by atoms with van der Waals surface area (Å²) in [5, 5.41) is 13.4.